The quantitative estimate of drug-likeness (QED) is 0.491. The summed E-state index contributed by atoms with van der Waals surface area (Å²) in [5.41, 5.74) is 0. The first-order valence-electron chi connectivity index (χ1n) is 10.4. The zero-order chi connectivity index (χ0) is 20.5. The van der Waals surface area contributed by atoms with Crippen LogP contribution in [0.5, 0.6) is 0 Å². The van der Waals surface area contributed by atoms with Crippen LogP contribution >= 0.6 is 11.3 Å². The fraction of sp³-hybridized carbons (Fsp3) is 0.700. The monoisotopic (exact) mass is 416 g/mol. The van der Waals surface area contributed by atoms with Gasteiger partial charge in [-0.15, -0.1) is 41.9 Å². The van der Waals surface area contributed by atoms with E-state index in [0.717, 1.165) is 53.4 Å². The molecule has 3 heterocycles. The molecule has 0 aliphatic heterocycles. The van der Waals surface area contributed by atoms with Gasteiger partial charge >= 0.3 is 0 Å². The Bertz CT molecular complexity index is 948. The highest BCUT2D eigenvalue weighted by molar-refractivity contribution is 7.11. The van der Waals surface area contributed by atoms with E-state index in [9.17, 15) is 0 Å². The number of hydrogen-bond donors (Lipinski definition) is 0. The Morgan fingerprint density at radius 1 is 0.931 bits per heavy atom. The molecule has 0 N–H and O–H groups in total. The minimum absolute atomic E-state index is 0.224. The Hall–Kier alpha value is -2.16. The van der Waals surface area contributed by atoms with Gasteiger partial charge in [0.05, 0.1) is 0 Å². The van der Waals surface area contributed by atoms with Crippen molar-refractivity contribution < 1.29 is 8.83 Å². The maximum atomic E-state index is 5.94. The molecule has 3 aromatic heterocycles. The van der Waals surface area contributed by atoms with Gasteiger partial charge in [-0.2, -0.15) is 0 Å². The summed E-state index contributed by atoms with van der Waals surface area (Å²) in [4.78, 5) is 0. The molecule has 0 aromatic carbocycles. The van der Waals surface area contributed by atoms with Crippen LogP contribution < -0.4 is 0 Å². The topological polar surface area (TPSA) is 104 Å². The normalized spacial score (nSPS) is 20.9. The predicted molar refractivity (Wildman–Crippen MR) is 108 cm³/mol. The second kappa shape index (κ2) is 8.30. The molecular formula is C20H28N6O2S. The van der Waals surface area contributed by atoms with E-state index in [-0.39, 0.29) is 11.8 Å². The van der Waals surface area contributed by atoms with E-state index in [4.69, 9.17) is 8.83 Å². The van der Waals surface area contributed by atoms with Crippen molar-refractivity contribution in [3.8, 4) is 0 Å². The third-order valence-electron chi connectivity index (χ3n) is 5.50. The fourth-order valence-corrected chi connectivity index (χ4v) is 4.32. The van der Waals surface area contributed by atoms with Gasteiger partial charge in [0, 0.05) is 30.1 Å². The van der Waals surface area contributed by atoms with Gasteiger partial charge in [-0.25, -0.2) is 0 Å². The van der Waals surface area contributed by atoms with E-state index in [1.807, 2.05) is 6.92 Å². The molecule has 4 unspecified atom stereocenters. The number of rotatable bonds is 9. The lowest BCUT2D eigenvalue weighted by atomic mass is 10.0. The molecule has 0 spiro atoms. The average molecular weight is 417 g/mol. The molecule has 9 heteroatoms. The van der Waals surface area contributed by atoms with E-state index >= 15 is 0 Å². The minimum atomic E-state index is 0.224. The van der Waals surface area contributed by atoms with E-state index in [1.54, 1.807) is 11.3 Å². The highest BCUT2D eigenvalue weighted by atomic mass is 32.1. The summed E-state index contributed by atoms with van der Waals surface area (Å²) >= 11 is 1.65. The molecule has 1 aliphatic carbocycles. The summed E-state index contributed by atoms with van der Waals surface area (Å²) in [5, 5.41) is 27.3. The summed E-state index contributed by atoms with van der Waals surface area (Å²) in [6.45, 7) is 10.4. The van der Waals surface area contributed by atoms with Gasteiger partial charge in [0.2, 0.25) is 23.6 Å². The van der Waals surface area contributed by atoms with Crippen molar-refractivity contribution in [1.29, 1.82) is 0 Å². The number of nitrogens with zero attached hydrogens (tertiary/aromatic N) is 6. The van der Waals surface area contributed by atoms with E-state index in [0.29, 0.717) is 23.6 Å². The Morgan fingerprint density at radius 3 is 2.41 bits per heavy atom. The molecule has 8 nitrogen and oxygen atoms in total. The number of aryl methyl sites for hydroxylation is 2. The molecule has 29 heavy (non-hydrogen) atoms. The van der Waals surface area contributed by atoms with Gasteiger partial charge in [-0.05, 0) is 32.1 Å². The third kappa shape index (κ3) is 4.71. The first-order valence-corrected chi connectivity index (χ1v) is 11.2. The predicted octanol–water partition coefficient (Wildman–Crippen LogP) is 4.77. The zero-order valence-electron chi connectivity index (χ0n) is 17.6. The van der Waals surface area contributed by atoms with Crippen LogP contribution in [0, 0.1) is 12.8 Å². The lowest BCUT2D eigenvalue weighted by molar-refractivity contribution is 0.393. The Balaban J connectivity index is 1.27. The molecule has 0 bridgehead atoms. The zero-order valence-corrected chi connectivity index (χ0v) is 18.4. The molecule has 4 atom stereocenters. The summed E-state index contributed by atoms with van der Waals surface area (Å²) < 4.78 is 11.7. The van der Waals surface area contributed by atoms with Gasteiger partial charge in [0.1, 0.15) is 10.0 Å². The highest BCUT2D eigenvalue weighted by Crippen LogP contribution is 2.51. The average Bonchev–Trinajstić information content (AvgIpc) is 3.13. The fourth-order valence-electron chi connectivity index (χ4n) is 3.54. The smallest absolute Gasteiger partial charge is 0.219 e. The van der Waals surface area contributed by atoms with Crippen molar-refractivity contribution in [1.82, 2.24) is 30.6 Å². The van der Waals surface area contributed by atoms with Crippen molar-refractivity contribution in [3.63, 3.8) is 0 Å². The van der Waals surface area contributed by atoms with E-state index in [1.165, 1.54) is 0 Å². The number of aromatic nitrogens is 6. The van der Waals surface area contributed by atoms with Gasteiger partial charge < -0.3 is 8.83 Å². The van der Waals surface area contributed by atoms with E-state index in [2.05, 4.69) is 58.3 Å². The van der Waals surface area contributed by atoms with Crippen LogP contribution in [-0.2, 0) is 6.42 Å². The standard InChI is InChI=1S/C20H28N6O2S/c1-10(2)17-23-25-19(28-17)15-9-14(15)8-12(4)18-24-22-16(27-18)7-6-11(3)20-26-21-13(5)29-20/h10-12,14-15H,6-9H2,1-5H3. The second-order valence-electron chi connectivity index (χ2n) is 8.51. The molecule has 4 rings (SSSR count). The Kier molecular flexibility index (Phi) is 5.76. The van der Waals surface area contributed by atoms with Gasteiger partial charge in [0.15, 0.2) is 0 Å². The van der Waals surface area contributed by atoms with Crippen LogP contribution in [-0.4, -0.2) is 30.6 Å². The van der Waals surface area contributed by atoms with Crippen LogP contribution in [0.25, 0.3) is 0 Å². The van der Waals surface area contributed by atoms with Crippen LogP contribution in [0.3, 0.4) is 0 Å². The maximum absolute atomic E-state index is 5.94. The highest BCUT2D eigenvalue weighted by Gasteiger charge is 2.43. The lowest BCUT2D eigenvalue weighted by Crippen LogP contribution is -1.97. The molecule has 1 saturated carbocycles. The minimum Gasteiger partial charge on any atom is -0.425 e. The van der Waals surface area contributed by atoms with Crippen molar-refractivity contribution in [3.05, 3.63) is 33.6 Å². The van der Waals surface area contributed by atoms with Crippen molar-refractivity contribution in [2.24, 2.45) is 5.92 Å². The molecule has 1 aliphatic rings. The maximum Gasteiger partial charge on any atom is 0.219 e. The van der Waals surface area contributed by atoms with Crippen LogP contribution in [0.1, 0.15) is 104 Å². The molecule has 0 amide bonds. The SMILES string of the molecule is Cc1nnc(C(C)CCc2nnc(C(C)CC3CC3c3nnc(C(C)C)o3)o2)s1. The summed E-state index contributed by atoms with van der Waals surface area (Å²) in [7, 11) is 0. The van der Waals surface area contributed by atoms with Crippen molar-refractivity contribution >= 4 is 11.3 Å². The second-order valence-corrected chi connectivity index (χ2v) is 9.72. The van der Waals surface area contributed by atoms with Crippen molar-refractivity contribution in [2.45, 2.75) is 84.0 Å². The Labute approximate surface area is 174 Å². The third-order valence-corrected chi connectivity index (χ3v) is 6.57. The molecule has 3 aromatic rings. The summed E-state index contributed by atoms with van der Waals surface area (Å²) in [6.07, 6.45) is 3.76. The van der Waals surface area contributed by atoms with E-state index < -0.39 is 0 Å². The van der Waals surface area contributed by atoms with Crippen LogP contribution in [0.4, 0.5) is 0 Å². The Morgan fingerprint density at radius 2 is 1.72 bits per heavy atom. The summed E-state index contributed by atoms with van der Waals surface area (Å²) in [6, 6.07) is 0. The summed E-state index contributed by atoms with van der Waals surface area (Å²) in [5.74, 6) is 4.66. The molecule has 1 fully saturated rings. The van der Waals surface area contributed by atoms with Crippen LogP contribution in [0.15, 0.2) is 8.83 Å². The molecule has 0 saturated heterocycles. The first-order chi connectivity index (χ1) is 13.9. The van der Waals surface area contributed by atoms with Gasteiger partial charge in [-0.1, -0.05) is 27.7 Å². The van der Waals surface area contributed by atoms with Gasteiger partial charge in [0.25, 0.3) is 0 Å². The first kappa shape index (κ1) is 20.1. The molecule has 156 valence electrons. The molecular weight excluding hydrogens is 388 g/mol. The largest absolute Gasteiger partial charge is 0.425 e. The molecule has 0 radical (unpaired) electrons. The van der Waals surface area contributed by atoms with Crippen LogP contribution in [0.2, 0.25) is 0 Å². The number of hydrogen-bond acceptors (Lipinski definition) is 9. The van der Waals surface area contributed by atoms with Gasteiger partial charge in [-0.3, -0.25) is 0 Å². The lowest BCUT2D eigenvalue weighted by Gasteiger charge is -2.06. The van der Waals surface area contributed by atoms with Crippen molar-refractivity contribution in [2.75, 3.05) is 0 Å².